The van der Waals surface area contributed by atoms with Crippen molar-refractivity contribution in [2.24, 2.45) is 0 Å². The summed E-state index contributed by atoms with van der Waals surface area (Å²) < 4.78 is 0. The van der Waals surface area contributed by atoms with Gasteiger partial charge in [-0.15, -0.1) is 0 Å². The smallest absolute Gasteiger partial charge is 0.220 e. The molecule has 0 atom stereocenters. The first-order chi connectivity index (χ1) is 8.38. The van der Waals surface area contributed by atoms with Crippen LogP contribution in [0.1, 0.15) is 0 Å². The van der Waals surface area contributed by atoms with E-state index in [-0.39, 0.29) is 5.95 Å². The summed E-state index contributed by atoms with van der Waals surface area (Å²) in [5, 5.41) is 0.809. The van der Waals surface area contributed by atoms with Gasteiger partial charge in [-0.25, -0.2) is 20.0 Å². The van der Waals surface area contributed by atoms with Gasteiger partial charge in [0.15, 0.2) is 0 Å². The molecule has 1 aromatic heterocycles. The van der Waals surface area contributed by atoms with Gasteiger partial charge in [-0.1, -0.05) is 17.7 Å². The van der Waals surface area contributed by atoms with Crippen LogP contribution in [0.3, 0.4) is 0 Å². The summed E-state index contributed by atoms with van der Waals surface area (Å²) in [6, 6.07) is 7.82. The summed E-state index contributed by atoms with van der Waals surface area (Å²) in [5.74, 6) is 0.284. The van der Waals surface area contributed by atoms with Crippen LogP contribution >= 0.6 is 21.6 Å². The Kier molecular flexibility index (Phi) is 3.50. The number of hydrogen-bond acceptors (Lipinski definition) is 3. The molecule has 18 heavy (non-hydrogen) atoms. The zero-order valence-electron chi connectivity index (χ0n) is 10.6. The third-order valence-electron chi connectivity index (χ3n) is 2.56. The predicted molar refractivity (Wildman–Crippen MR) is 80.5 cm³/mol. The topological polar surface area (TPSA) is 51.8 Å². The number of nitrogens with zero attached hydrogens (tertiary/aromatic N) is 2. The molecule has 0 aliphatic rings. The maximum atomic E-state index is 6.26. The average molecular weight is 282 g/mol. The molecule has 0 radical (unpaired) electrons. The van der Waals surface area contributed by atoms with Gasteiger partial charge in [0.2, 0.25) is 5.95 Å². The molecule has 0 bridgehead atoms. The summed E-state index contributed by atoms with van der Waals surface area (Å²) in [5.41, 5.74) is 7.45. The molecule has 1 heterocycles. The third kappa shape index (κ3) is 2.76. The Morgan fingerprint density at radius 1 is 1.17 bits per heavy atom. The lowest BCUT2D eigenvalue weighted by Crippen LogP contribution is -1.97. The van der Waals surface area contributed by atoms with Gasteiger partial charge in [-0.3, -0.25) is 0 Å². The summed E-state index contributed by atoms with van der Waals surface area (Å²) in [6.45, 7) is 0. The normalized spacial score (nSPS) is 12.4. The Morgan fingerprint density at radius 3 is 2.50 bits per heavy atom. The molecule has 0 aliphatic heterocycles. The van der Waals surface area contributed by atoms with Crippen LogP contribution < -0.4 is 5.73 Å². The molecule has 96 valence electrons. The molecule has 1 aromatic carbocycles. The summed E-state index contributed by atoms with van der Waals surface area (Å²) >= 11 is 6.26. The average Bonchev–Trinajstić information content (AvgIpc) is 2.28. The van der Waals surface area contributed by atoms with Crippen LogP contribution in [0.5, 0.6) is 0 Å². The van der Waals surface area contributed by atoms with Crippen molar-refractivity contribution in [2.75, 3.05) is 24.5 Å². The van der Waals surface area contributed by atoms with Crippen LogP contribution in [0.2, 0.25) is 5.02 Å². The maximum Gasteiger partial charge on any atom is 0.220 e. The molecular formula is C13H16ClN3S. The second-order valence-corrected chi connectivity index (χ2v) is 9.30. The second kappa shape index (κ2) is 4.78. The number of nitrogens with two attached hydrogens (primary N) is 1. The third-order valence-corrected chi connectivity index (χ3v) is 4.66. The fraction of sp³-hybridized carbons (Fsp3) is 0.231. The molecule has 2 aromatic rings. The van der Waals surface area contributed by atoms with Crippen LogP contribution in [0.25, 0.3) is 11.3 Å². The van der Waals surface area contributed by atoms with Crippen molar-refractivity contribution in [1.82, 2.24) is 9.97 Å². The molecule has 0 fully saturated rings. The first-order valence-electron chi connectivity index (χ1n) is 5.45. The highest BCUT2D eigenvalue weighted by Gasteiger charge is 2.14. The Bertz CT molecular complexity index is 579. The Labute approximate surface area is 114 Å². The van der Waals surface area contributed by atoms with Gasteiger partial charge in [0.25, 0.3) is 0 Å². The van der Waals surface area contributed by atoms with Gasteiger partial charge < -0.3 is 5.73 Å². The van der Waals surface area contributed by atoms with Crippen molar-refractivity contribution in [1.29, 1.82) is 0 Å². The molecule has 0 spiro atoms. The predicted octanol–water partition coefficient (Wildman–Crippen LogP) is 3.43. The van der Waals surface area contributed by atoms with Gasteiger partial charge in [0, 0.05) is 16.7 Å². The van der Waals surface area contributed by atoms with Gasteiger partial charge in [0.05, 0.1) is 10.7 Å². The first-order valence-corrected chi connectivity index (χ1v) is 8.68. The van der Waals surface area contributed by atoms with Crippen molar-refractivity contribution in [3.8, 4) is 11.3 Å². The number of halogens is 1. The Balaban J connectivity index is 2.54. The molecule has 0 saturated heterocycles. The Hall–Kier alpha value is -1.26. The van der Waals surface area contributed by atoms with Crippen molar-refractivity contribution in [3.05, 3.63) is 35.5 Å². The lowest BCUT2D eigenvalue weighted by molar-refractivity contribution is 1.19. The van der Waals surface area contributed by atoms with E-state index in [4.69, 9.17) is 17.3 Å². The van der Waals surface area contributed by atoms with E-state index in [1.165, 1.54) is 4.90 Å². The molecule has 0 unspecified atom stereocenters. The van der Waals surface area contributed by atoms with Crippen molar-refractivity contribution < 1.29 is 0 Å². The lowest BCUT2D eigenvalue weighted by atomic mass is 10.1. The number of rotatable bonds is 2. The monoisotopic (exact) mass is 281 g/mol. The van der Waals surface area contributed by atoms with Gasteiger partial charge in [-0.05, 0) is 37.0 Å². The van der Waals surface area contributed by atoms with Crippen LogP contribution in [0, 0.1) is 0 Å². The zero-order valence-corrected chi connectivity index (χ0v) is 12.2. The molecule has 2 N–H and O–H groups in total. The Morgan fingerprint density at radius 2 is 1.89 bits per heavy atom. The van der Waals surface area contributed by atoms with E-state index in [1.54, 1.807) is 6.20 Å². The van der Waals surface area contributed by atoms with Crippen molar-refractivity contribution in [3.63, 3.8) is 0 Å². The number of benzene rings is 1. The standard InChI is InChI=1S/C13H16ClN3S/c1-18(2,3)12-8-9(4-5-10(12)14)11-6-7-16-13(15)17-11/h4-8H,1-3H3,(H2,15,16,17). The summed E-state index contributed by atoms with van der Waals surface area (Å²) in [6.07, 6.45) is 8.31. The largest absolute Gasteiger partial charge is 0.368 e. The van der Waals surface area contributed by atoms with E-state index in [1.807, 2.05) is 18.2 Å². The van der Waals surface area contributed by atoms with E-state index in [0.717, 1.165) is 16.3 Å². The van der Waals surface area contributed by atoms with Crippen molar-refractivity contribution >= 4 is 27.6 Å². The fourth-order valence-electron chi connectivity index (χ4n) is 1.67. The van der Waals surface area contributed by atoms with Crippen molar-refractivity contribution in [2.45, 2.75) is 4.90 Å². The highest BCUT2D eigenvalue weighted by molar-refractivity contribution is 8.32. The maximum absolute atomic E-state index is 6.26. The number of hydrogen-bond donors (Lipinski definition) is 1. The van der Waals surface area contributed by atoms with Crippen LogP contribution in [0.15, 0.2) is 35.4 Å². The fourth-order valence-corrected chi connectivity index (χ4v) is 3.61. The number of anilines is 1. The minimum Gasteiger partial charge on any atom is -0.368 e. The quantitative estimate of drug-likeness (QED) is 0.917. The van der Waals surface area contributed by atoms with Crippen LogP contribution in [-0.4, -0.2) is 28.7 Å². The molecular weight excluding hydrogens is 266 g/mol. The highest BCUT2D eigenvalue weighted by Crippen LogP contribution is 2.49. The zero-order chi connectivity index (χ0) is 13.3. The molecule has 5 heteroatoms. The van der Waals surface area contributed by atoms with Crippen LogP contribution in [0.4, 0.5) is 5.95 Å². The second-order valence-electron chi connectivity index (χ2n) is 4.78. The summed E-state index contributed by atoms with van der Waals surface area (Å²) in [4.78, 5) is 9.31. The molecule has 3 nitrogen and oxygen atoms in total. The molecule has 2 rings (SSSR count). The minimum atomic E-state index is -0.881. The molecule has 0 aliphatic carbocycles. The first kappa shape index (κ1) is 13.2. The van der Waals surface area contributed by atoms with Gasteiger partial charge >= 0.3 is 0 Å². The van der Waals surface area contributed by atoms with Crippen LogP contribution in [-0.2, 0) is 0 Å². The van der Waals surface area contributed by atoms with Gasteiger partial charge in [0.1, 0.15) is 0 Å². The minimum absolute atomic E-state index is 0.284. The highest BCUT2D eigenvalue weighted by atomic mass is 35.5. The van der Waals surface area contributed by atoms with E-state index < -0.39 is 10.0 Å². The summed E-state index contributed by atoms with van der Waals surface area (Å²) in [7, 11) is -0.881. The number of aromatic nitrogens is 2. The molecule has 0 saturated carbocycles. The number of nitrogen functional groups attached to an aromatic ring is 1. The lowest BCUT2D eigenvalue weighted by Gasteiger charge is -2.27. The van der Waals surface area contributed by atoms with E-state index >= 15 is 0 Å². The van der Waals surface area contributed by atoms with E-state index in [9.17, 15) is 0 Å². The molecule has 0 amide bonds. The van der Waals surface area contributed by atoms with E-state index in [2.05, 4.69) is 34.8 Å². The van der Waals surface area contributed by atoms with Gasteiger partial charge in [-0.2, -0.15) is 0 Å². The van der Waals surface area contributed by atoms with E-state index in [0.29, 0.717) is 0 Å². The SMILES string of the molecule is CS(C)(C)c1cc(-c2ccnc(N)n2)ccc1Cl.